The number of benzene rings is 2. The Balaban J connectivity index is 2.03. The van der Waals surface area contributed by atoms with E-state index in [0.29, 0.717) is 5.56 Å². The van der Waals surface area contributed by atoms with Crippen LogP contribution in [0.15, 0.2) is 42.5 Å². The second-order valence-corrected chi connectivity index (χ2v) is 11.5. The molecule has 0 radical (unpaired) electrons. The molecular formula is C21H14Cl6N4O2. The topological polar surface area (TPSA) is 69.9 Å². The van der Waals surface area contributed by atoms with E-state index in [1.807, 2.05) is 34.9 Å². The fraction of sp³-hybridized carbons (Fsp3) is 0.238. The Hall–Kier alpha value is -1.54. The van der Waals surface area contributed by atoms with Crippen molar-refractivity contribution in [1.82, 2.24) is 19.5 Å². The van der Waals surface area contributed by atoms with Gasteiger partial charge in [-0.2, -0.15) is 0 Å². The molecule has 0 saturated carbocycles. The molecule has 0 aliphatic rings. The van der Waals surface area contributed by atoms with E-state index in [4.69, 9.17) is 74.3 Å². The predicted octanol–water partition coefficient (Wildman–Crippen LogP) is 6.86. The van der Waals surface area contributed by atoms with Crippen molar-refractivity contribution >= 4 is 97.4 Å². The number of para-hydroxylation sites is 1. The SMILES string of the molecule is CCOC(=O)Cn1c2ccccc2c2c(-c3nc(C(Cl)(Cl)Cl)nc(C(Cl)(Cl)Cl)n3)cccc21. The summed E-state index contributed by atoms with van der Waals surface area (Å²) in [5, 5.41) is 1.63. The first kappa shape index (κ1) is 24.6. The monoisotopic (exact) mass is 564 g/mol. The van der Waals surface area contributed by atoms with Crippen LogP contribution < -0.4 is 0 Å². The van der Waals surface area contributed by atoms with Gasteiger partial charge in [-0.3, -0.25) is 4.79 Å². The maximum atomic E-state index is 12.3. The van der Waals surface area contributed by atoms with E-state index in [1.165, 1.54) is 0 Å². The van der Waals surface area contributed by atoms with E-state index in [9.17, 15) is 4.79 Å². The second-order valence-electron chi connectivity index (χ2n) is 6.91. The summed E-state index contributed by atoms with van der Waals surface area (Å²) >= 11 is 36.2. The molecule has 0 bridgehead atoms. The van der Waals surface area contributed by atoms with Gasteiger partial charge >= 0.3 is 5.97 Å². The molecule has 4 rings (SSSR count). The van der Waals surface area contributed by atoms with Gasteiger partial charge in [-0.05, 0) is 19.1 Å². The number of rotatable bonds is 4. The number of aromatic nitrogens is 4. The molecule has 0 atom stereocenters. The summed E-state index contributed by atoms with van der Waals surface area (Å²) in [6.07, 6.45) is 0. The number of halogens is 6. The molecule has 33 heavy (non-hydrogen) atoms. The number of carbonyl (C=O) groups is 1. The molecule has 0 unspecified atom stereocenters. The van der Waals surface area contributed by atoms with E-state index in [2.05, 4.69) is 15.0 Å². The number of hydrogen-bond donors (Lipinski definition) is 0. The third-order valence-corrected chi connectivity index (χ3v) is 5.79. The van der Waals surface area contributed by atoms with Gasteiger partial charge in [-0.25, -0.2) is 15.0 Å². The molecule has 2 aromatic heterocycles. The van der Waals surface area contributed by atoms with Crippen molar-refractivity contribution in [3.8, 4) is 11.4 Å². The van der Waals surface area contributed by atoms with E-state index in [0.717, 1.165) is 21.8 Å². The van der Waals surface area contributed by atoms with Gasteiger partial charge in [-0.1, -0.05) is 99.9 Å². The Kier molecular flexibility index (Phi) is 6.89. The zero-order valence-electron chi connectivity index (χ0n) is 16.8. The third-order valence-electron chi connectivity index (χ3n) is 4.77. The van der Waals surface area contributed by atoms with Crippen molar-refractivity contribution in [2.24, 2.45) is 0 Å². The molecule has 2 aromatic carbocycles. The Bertz CT molecular complexity index is 1330. The largest absolute Gasteiger partial charge is 0.465 e. The molecule has 0 amide bonds. The molecule has 0 spiro atoms. The minimum atomic E-state index is -1.98. The lowest BCUT2D eigenvalue weighted by atomic mass is 10.1. The highest BCUT2D eigenvalue weighted by atomic mass is 35.6. The molecule has 0 aliphatic heterocycles. The second kappa shape index (κ2) is 9.25. The average Bonchev–Trinajstić information content (AvgIpc) is 3.06. The van der Waals surface area contributed by atoms with E-state index >= 15 is 0 Å². The number of alkyl halides is 6. The maximum absolute atomic E-state index is 12.3. The minimum absolute atomic E-state index is 0.0251. The maximum Gasteiger partial charge on any atom is 0.325 e. The first-order valence-corrected chi connectivity index (χ1v) is 11.8. The van der Waals surface area contributed by atoms with Gasteiger partial charge in [0.05, 0.1) is 12.1 Å². The van der Waals surface area contributed by atoms with Crippen molar-refractivity contribution in [3.05, 3.63) is 54.1 Å². The van der Waals surface area contributed by atoms with E-state index in [-0.39, 0.29) is 36.6 Å². The van der Waals surface area contributed by atoms with Crippen molar-refractivity contribution in [3.63, 3.8) is 0 Å². The zero-order chi connectivity index (χ0) is 24.0. The van der Waals surface area contributed by atoms with Crippen LogP contribution in [-0.2, 0) is 23.7 Å². The molecule has 172 valence electrons. The number of hydrogen-bond acceptors (Lipinski definition) is 5. The van der Waals surface area contributed by atoms with Crippen molar-refractivity contribution in [2.75, 3.05) is 6.61 Å². The van der Waals surface area contributed by atoms with Gasteiger partial charge in [0.2, 0.25) is 7.59 Å². The summed E-state index contributed by atoms with van der Waals surface area (Å²) in [5.41, 5.74) is 2.16. The summed E-state index contributed by atoms with van der Waals surface area (Å²) < 4.78 is 3.06. The first-order valence-electron chi connectivity index (χ1n) is 9.57. The Labute approximate surface area is 218 Å². The summed E-state index contributed by atoms with van der Waals surface area (Å²) in [6, 6.07) is 13.1. The molecule has 0 aliphatic carbocycles. The molecule has 0 N–H and O–H groups in total. The van der Waals surface area contributed by atoms with E-state index in [1.54, 1.807) is 19.1 Å². The quantitative estimate of drug-likeness (QED) is 0.199. The molecule has 0 fully saturated rings. The van der Waals surface area contributed by atoms with Crippen LogP contribution in [0.4, 0.5) is 0 Å². The number of esters is 1. The van der Waals surface area contributed by atoms with Gasteiger partial charge < -0.3 is 9.30 Å². The van der Waals surface area contributed by atoms with Crippen LogP contribution in [0.5, 0.6) is 0 Å². The van der Waals surface area contributed by atoms with Crippen LogP contribution in [0.2, 0.25) is 0 Å². The average molecular weight is 567 g/mol. The highest BCUT2D eigenvalue weighted by Crippen LogP contribution is 2.42. The highest BCUT2D eigenvalue weighted by molar-refractivity contribution is 6.67. The van der Waals surface area contributed by atoms with Crippen molar-refractivity contribution < 1.29 is 9.53 Å². The Morgan fingerprint density at radius 3 is 2.09 bits per heavy atom. The molecule has 6 nitrogen and oxygen atoms in total. The zero-order valence-corrected chi connectivity index (χ0v) is 21.4. The van der Waals surface area contributed by atoms with Gasteiger partial charge in [0.1, 0.15) is 6.54 Å². The van der Waals surface area contributed by atoms with Crippen LogP contribution in [0.25, 0.3) is 33.2 Å². The van der Waals surface area contributed by atoms with Gasteiger partial charge in [-0.15, -0.1) is 0 Å². The highest BCUT2D eigenvalue weighted by Gasteiger charge is 2.34. The van der Waals surface area contributed by atoms with Crippen LogP contribution in [0, 0.1) is 0 Å². The third kappa shape index (κ3) is 4.97. The summed E-state index contributed by atoms with van der Waals surface area (Å²) in [5.74, 6) is -0.586. The molecule has 2 heterocycles. The lowest BCUT2D eigenvalue weighted by molar-refractivity contribution is -0.143. The summed E-state index contributed by atoms with van der Waals surface area (Å²) in [6.45, 7) is 2.07. The summed E-state index contributed by atoms with van der Waals surface area (Å²) in [7, 11) is 0. The van der Waals surface area contributed by atoms with E-state index < -0.39 is 7.59 Å². The number of ether oxygens (including phenoxy) is 1. The van der Waals surface area contributed by atoms with Gasteiger partial charge in [0.25, 0.3) is 0 Å². The van der Waals surface area contributed by atoms with Crippen LogP contribution in [0.3, 0.4) is 0 Å². The van der Waals surface area contributed by atoms with Gasteiger partial charge in [0, 0.05) is 21.9 Å². The lowest BCUT2D eigenvalue weighted by Gasteiger charge is -2.16. The lowest BCUT2D eigenvalue weighted by Crippen LogP contribution is -2.16. The molecule has 4 aromatic rings. The fourth-order valence-electron chi connectivity index (χ4n) is 3.54. The molecular weight excluding hydrogens is 553 g/mol. The Morgan fingerprint density at radius 2 is 1.48 bits per heavy atom. The first-order chi connectivity index (χ1) is 15.5. The van der Waals surface area contributed by atoms with Crippen LogP contribution >= 0.6 is 69.6 Å². The minimum Gasteiger partial charge on any atom is -0.465 e. The standard InChI is InChI=1S/C21H14Cl6N4O2/c1-2-33-15(32)10-31-13-8-4-3-6-11(13)16-12(7-5-9-14(16)31)17-28-18(20(22,23)24)30-19(29-17)21(25,26)27/h3-9H,2,10H2,1H3. The van der Waals surface area contributed by atoms with Crippen molar-refractivity contribution in [2.45, 2.75) is 21.1 Å². The molecule has 12 heteroatoms. The smallest absolute Gasteiger partial charge is 0.325 e. The summed E-state index contributed by atoms with van der Waals surface area (Å²) in [4.78, 5) is 25.0. The number of carbonyl (C=O) groups excluding carboxylic acids is 1. The van der Waals surface area contributed by atoms with Crippen LogP contribution in [0.1, 0.15) is 18.6 Å². The van der Waals surface area contributed by atoms with Gasteiger partial charge in [0.15, 0.2) is 17.5 Å². The van der Waals surface area contributed by atoms with Crippen molar-refractivity contribution in [1.29, 1.82) is 0 Å². The fourth-order valence-corrected chi connectivity index (χ4v) is 4.05. The number of fused-ring (bicyclic) bond motifs is 3. The predicted molar refractivity (Wildman–Crippen MR) is 133 cm³/mol. The number of nitrogens with zero attached hydrogens (tertiary/aromatic N) is 4. The van der Waals surface area contributed by atoms with Crippen LogP contribution in [-0.4, -0.2) is 32.1 Å². The normalized spacial score (nSPS) is 12.5. The Morgan fingerprint density at radius 1 is 0.879 bits per heavy atom. The molecule has 0 saturated heterocycles.